The van der Waals surface area contributed by atoms with Crippen LogP contribution in [-0.4, -0.2) is 22.0 Å². The maximum Gasteiger partial charge on any atom is 0.214 e. The number of nitrogens with one attached hydrogen (secondary N) is 2. The van der Waals surface area contributed by atoms with Crippen molar-refractivity contribution in [2.75, 3.05) is 12.5 Å². The third kappa shape index (κ3) is 5.44. The van der Waals surface area contributed by atoms with E-state index in [0.29, 0.717) is 39.5 Å². The van der Waals surface area contributed by atoms with Crippen molar-refractivity contribution < 1.29 is 9.47 Å². The lowest BCUT2D eigenvalue weighted by molar-refractivity contribution is 0.284. The molecule has 0 atom stereocenters. The number of benzene rings is 2. The van der Waals surface area contributed by atoms with Crippen molar-refractivity contribution in [2.24, 2.45) is 0 Å². The Morgan fingerprint density at radius 1 is 1.21 bits per heavy atom. The number of ether oxygens (including phenoxy) is 2. The van der Waals surface area contributed by atoms with Crippen LogP contribution in [0, 0.1) is 4.77 Å². The number of aromatic nitrogens is 3. The average molecular weight is 453 g/mol. The predicted octanol–water partition coefficient (Wildman–Crippen LogP) is 5.53. The summed E-state index contributed by atoms with van der Waals surface area (Å²) >= 11 is 17.8. The summed E-state index contributed by atoms with van der Waals surface area (Å²) in [5.41, 5.74) is 5.07. The summed E-state index contributed by atoms with van der Waals surface area (Å²) in [6, 6.07) is 11.1. The van der Waals surface area contributed by atoms with Gasteiger partial charge in [-0.15, -0.1) is 0 Å². The van der Waals surface area contributed by atoms with Crippen LogP contribution >= 0.6 is 35.4 Å². The Hall–Kier alpha value is -2.22. The van der Waals surface area contributed by atoms with Crippen LogP contribution < -0.4 is 14.9 Å². The van der Waals surface area contributed by atoms with Gasteiger partial charge in [0.15, 0.2) is 17.3 Å². The zero-order valence-electron chi connectivity index (χ0n) is 16.2. The Balaban J connectivity index is 1.74. The number of nitrogens with zero attached hydrogens (tertiary/aromatic N) is 2. The summed E-state index contributed by atoms with van der Waals surface area (Å²) in [6.07, 6.45) is 1.78. The maximum absolute atomic E-state index is 6.49. The second-order valence-electron chi connectivity index (χ2n) is 6.38. The van der Waals surface area contributed by atoms with E-state index in [1.807, 2.05) is 30.3 Å². The fourth-order valence-corrected chi connectivity index (χ4v) is 3.47. The molecule has 0 unspecified atom stereocenters. The van der Waals surface area contributed by atoms with Crippen LogP contribution in [0.5, 0.6) is 11.5 Å². The molecule has 2 N–H and O–H groups in total. The molecule has 0 saturated carbocycles. The largest absolute Gasteiger partial charge is 0.493 e. The van der Waals surface area contributed by atoms with Gasteiger partial charge in [0.05, 0.1) is 13.7 Å². The molecule has 0 bridgehead atoms. The van der Waals surface area contributed by atoms with E-state index in [9.17, 15) is 0 Å². The van der Waals surface area contributed by atoms with Gasteiger partial charge in [0.2, 0.25) is 4.77 Å². The minimum absolute atomic E-state index is 0.357. The lowest BCUT2D eigenvalue weighted by Gasteiger charge is -2.15. The number of methoxy groups -OCH3 is 1. The molecule has 9 heteroatoms. The van der Waals surface area contributed by atoms with Gasteiger partial charge >= 0.3 is 0 Å². The van der Waals surface area contributed by atoms with E-state index < -0.39 is 0 Å². The molecule has 0 aliphatic rings. The number of halogens is 2. The topological polar surface area (TPSA) is 64.1 Å². The first-order chi connectivity index (χ1) is 14.0. The summed E-state index contributed by atoms with van der Waals surface area (Å²) in [4.78, 5) is 0. The third-order valence-corrected chi connectivity index (χ3v) is 5.12. The van der Waals surface area contributed by atoms with Crippen LogP contribution in [0.1, 0.15) is 30.3 Å². The molecule has 0 spiro atoms. The molecular weight excluding hydrogens is 431 g/mol. The summed E-state index contributed by atoms with van der Waals surface area (Å²) in [7, 11) is 1.60. The van der Waals surface area contributed by atoms with Gasteiger partial charge in [0.1, 0.15) is 6.61 Å². The fourth-order valence-electron chi connectivity index (χ4n) is 2.82. The minimum Gasteiger partial charge on any atom is -0.493 e. The number of hydrogen-bond donors (Lipinski definition) is 2. The van der Waals surface area contributed by atoms with Crippen LogP contribution in [0.2, 0.25) is 10.0 Å². The van der Waals surface area contributed by atoms with Crippen LogP contribution in [0.15, 0.2) is 36.4 Å². The van der Waals surface area contributed by atoms with E-state index in [1.165, 1.54) is 0 Å². The summed E-state index contributed by atoms with van der Waals surface area (Å²) < 4.78 is 13.7. The van der Waals surface area contributed by atoms with Crippen molar-refractivity contribution in [2.45, 2.75) is 32.9 Å². The second-order valence-corrected chi connectivity index (χ2v) is 7.61. The molecule has 2 aromatic carbocycles. The van der Waals surface area contributed by atoms with Gasteiger partial charge in [-0.2, -0.15) is 5.10 Å². The van der Waals surface area contributed by atoms with Gasteiger partial charge in [0, 0.05) is 22.5 Å². The molecule has 0 fully saturated rings. The fraction of sp³-hybridized carbons (Fsp3) is 0.300. The van der Waals surface area contributed by atoms with Crippen molar-refractivity contribution >= 4 is 35.4 Å². The molecule has 0 aliphatic carbocycles. The zero-order chi connectivity index (χ0) is 20.8. The highest BCUT2D eigenvalue weighted by Crippen LogP contribution is 2.34. The van der Waals surface area contributed by atoms with Gasteiger partial charge in [-0.25, -0.2) is 4.68 Å². The Bertz CT molecular complexity index is 1040. The SMILES string of the molecule is CCCc1n[nH]c(=S)n1NCc1cc(OC)c(OCc2cccc(Cl)c2)cc1Cl. The van der Waals surface area contributed by atoms with E-state index in [-0.39, 0.29) is 0 Å². The third-order valence-electron chi connectivity index (χ3n) is 4.26. The Labute approximate surface area is 184 Å². The first-order valence-electron chi connectivity index (χ1n) is 9.15. The van der Waals surface area contributed by atoms with Gasteiger partial charge in [0.25, 0.3) is 0 Å². The number of hydrogen-bond acceptors (Lipinski definition) is 5. The van der Waals surface area contributed by atoms with Crippen LogP contribution in [0.4, 0.5) is 0 Å². The molecule has 0 radical (unpaired) electrons. The quantitative estimate of drug-likeness (QED) is 0.417. The van der Waals surface area contributed by atoms with Crippen molar-refractivity contribution in [3.8, 4) is 11.5 Å². The summed E-state index contributed by atoms with van der Waals surface area (Å²) in [6.45, 7) is 2.90. The smallest absolute Gasteiger partial charge is 0.214 e. The Kier molecular flexibility index (Phi) is 7.41. The monoisotopic (exact) mass is 452 g/mol. The van der Waals surface area contributed by atoms with Crippen molar-refractivity contribution in [1.29, 1.82) is 0 Å². The molecule has 3 aromatic rings. The number of rotatable bonds is 9. The van der Waals surface area contributed by atoms with Crippen molar-refractivity contribution in [1.82, 2.24) is 14.9 Å². The lowest BCUT2D eigenvalue weighted by atomic mass is 10.2. The van der Waals surface area contributed by atoms with E-state index in [1.54, 1.807) is 17.9 Å². The zero-order valence-corrected chi connectivity index (χ0v) is 18.5. The van der Waals surface area contributed by atoms with Gasteiger partial charge in [-0.3, -0.25) is 5.10 Å². The van der Waals surface area contributed by atoms with Crippen LogP contribution in [0.3, 0.4) is 0 Å². The molecule has 3 rings (SSSR count). The molecular formula is C20H22Cl2N4O2S. The lowest BCUT2D eigenvalue weighted by Crippen LogP contribution is -2.18. The molecule has 29 heavy (non-hydrogen) atoms. The highest BCUT2D eigenvalue weighted by Gasteiger charge is 2.12. The molecule has 0 amide bonds. The Morgan fingerprint density at radius 2 is 2.03 bits per heavy atom. The normalized spacial score (nSPS) is 10.8. The standard InChI is InChI=1S/C20H22Cl2N4O2S/c1-3-5-19-24-25-20(29)26(19)23-11-14-9-17(27-2)18(10-16(14)22)28-12-13-6-4-7-15(21)8-13/h4,6-10,23H,3,5,11-12H2,1-2H3,(H,25,29). The molecule has 1 heterocycles. The molecule has 1 aromatic heterocycles. The van der Waals surface area contributed by atoms with E-state index in [4.69, 9.17) is 44.9 Å². The highest BCUT2D eigenvalue weighted by molar-refractivity contribution is 7.71. The van der Waals surface area contributed by atoms with Gasteiger partial charge < -0.3 is 14.9 Å². The molecule has 0 saturated heterocycles. The molecule has 154 valence electrons. The van der Waals surface area contributed by atoms with Gasteiger partial charge in [-0.05, 0) is 48.0 Å². The van der Waals surface area contributed by atoms with Crippen molar-refractivity contribution in [3.63, 3.8) is 0 Å². The predicted molar refractivity (Wildman–Crippen MR) is 118 cm³/mol. The Morgan fingerprint density at radius 3 is 2.76 bits per heavy atom. The average Bonchev–Trinajstić information content (AvgIpc) is 3.05. The molecule has 0 aliphatic heterocycles. The van der Waals surface area contributed by atoms with Crippen molar-refractivity contribution in [3.05, 3.63) is 68.2 Å². The first-order valence-corrected chi connectivity index (χ1v) is 10.3. The number of aromatic amines is 1. The van der Waals surface area contributed by atoms with E-state index >= 15 is 0 Å². The molecule has 6 nitrogen and oxygen atoms in total. The number of aryl methyl sites for hydroxylation is 1. The second kappa shape index (κ2) is 10.0. The van der Waals surface area contributed by atoms with Crippen LogP contribution in [0.25, 0.3) is 0 Å². The summed E-state index contributed by atoms with van der Waals surface area (Å²) in [5, 5.41) is 8.28. The number of H-pyrrole nitrogens is 1. The van der Waals surface area contributed by atoms with Gasteiger partial charge in [-0.1, -0.05) is 42.3 Å². The van der Waals surface area contributed by atoms with Crippen LogP contribution in [-0.2, 0) is 19.6 Å². The minimum atomic E-state index is 0.357. The van der Waals surface area contributed by atoms with E-state index in [2.05, 4.69) is 22.5 Å². The highest BCUT2D eigenvalue weighted by atomic mass is 35.5. The summed E-state index contributed by atoms with van der Waals surface area (Å²) in [5.74, 6) is 2.01. The first kappa shape index (κ1) is 21.5. The maximum atomic E-state index is 6.49. The van der Waals surface area contributed by atoms with E-state index in [0.717, 1.165) is 29.8 Å².